The summed E-state index contributed by atoms with van der Waals surface area (Å²) in [6.07, 6.45) is 0.789. The standard InChI is InChI=1S/C17H22O6/c1-16(2)22-14(18)17(3,15(19)23-16)9-8-11-6-7-12(20-4)13(10-11)21-5/h6-7,10H,8-9H2,1-5H3. The number of aryl methyl sites for hydroxylation is 1. The topological polar surface area (TPSA) is 71.1 Å². The second kappa shape index (κ2) is 6.10. The van der Waals surface area contributed by atoms with E-state index in [9.17, 15) is 9.59 Å². The summed E-state index contributed by atoms with van der Waals surface area (Å²) in [5, 5.41) is 0. The van der Waals surface area contributed by atoms with Gasteiger partial charge < -0.3 is 18.9 Å². The zero-order valence-electron chi connectivity index (χ0n) is 14.1. The van der Waals surface area contributed by atoms with Crippen LogP contribution in [0.4, 0.5) is 0 Å². The molecule has 1 aliphatic heterocycles. The van der Waals surface area contributed by atoms with Crippen LogP contribution in [0.25, 0.3) is 0 Å². The highest BCUT2D eigenvalue weighted by Crippen LogP contribution is 2.36. The van der Waals surface area contributed by atoms with Gasteiger partial charge in [-0.25, -0.2) is 0 Å². The van der Waals surface area contributed by atoms with Crippen molar-refractivity contribution in [2.24, 2.45) is 5.41 Å². The summed E-state index contributed by atoms with van der Waals surface area (Å²) >= 11 is 0. The van der Waals surface area contributed by atoms with Gasteiger partial charge in [-0.3, -0.25) is 9.59 Å². The van der Waals surface area contributed by atoms with Crippen molar-refractivity contribution in [3.05, 3.63) is 23.8 Å². The Morgan fingerprint density at radius 2 is 1.52 bits per heavy atom. The first kappa shape index (κ1) is 17.1. The number of esters is 2. The molecule has 1 aromatic rings. The molecular weight excluding hydrogens is 300 g/mol. The average Bonchev–Trinajstić information content (AvgIpc) is 2.49. The van der Waals surface area contributed by atoms with Gasteiger partial charge in [0.05, 0.1) is 14.2 Å². The van der Waals surface area contributed by atoms with Crippen LogP contribution in [0.1, 0.15) is 32.8 Å². The predicted octanol–water partition coefficient (Wildman–Crippen LogP) is 2.48. The molecule has 0 spiro atoms. The Morgan fingerprint density at radius 3 is 2.04 bits per heavy atom. The molecule has 0 saturated carbocycles. The molecular formula is C17H22O6. The number of cyclic esters (lactones) is 2. The van der Waals surface area contributed by atoms with Crippen molar-refractivity contribution in [3.8, 4) is 11.5 Å². The second-order valence-corrected chi connectivity index (χ2v) is 6.20. The van der Waals surface area contributed by atoms with E-state index < -0.39 is 23.1 Å². The van der Waals surface area contributed by atoms with Crippen LogP contribution >= 0.6 is 0 Å². The molecule has 0 atom stereocenters. The van der Waals surface area contributed by atoms with Crippen LogP contribution in [0.15, 0.2) is 18.2 Å². The minimum atomic E-state index is -1.30. The molecule has 1 aliphatic rings. The second-order valence-electron chi connectivity index (χ2n) is 6.20. The van der Waals surface area contributed by atoms with Gasteiger partial charge in [0.25, 0.3) is 5.79 Å². The van der Waals surface area contributed by atoms with Gasteiger partial charge in [-0.2, -0.15) is 0 Å². The van der Waals surface area contributed by atoms with Gasteiger partial charge in [-0.15, -0.1) is 0 Å². The van der Waals surface area contributed by atoms with E-state index in [2.05, 4.69) is 0 Å². The molecule has 0 radical (unpaired) electrons. The molecule has 6 nitrogen and oxygen atoms in total. The molecule has 1 saturated heterocycles. The van der Waals surface area contributed by atoms with Gasteiger partial charge in [0.1, 0.15) is 0 Å². The van der Waals surface area contributed by atoms with Crippen LogP contribution in [0.2, 0.25) is 0 Å². The monoisotopic (exact) mass is 322 g/mol. The fourth-order valence-corrected chi connectivity index (χ4v) is 2.41. The maximum absolute atomic E-state index is 12.2. The summed E-state index contributed by atoms with van der Waals surface area (Å²) in [6, 6.07) is 5.48. The molecule has 126 valence electrons. The number of rotatable bonds is 5. The molecule has 2 rings (SSSR count). The lowest BCUT2D eigenvalue weighted by atomic mass is 9.83. The van der Waals surface area contributed by atoms with Gasteiger partial charge in [0, 0.05) is 13.8 Å². The number of carbonyl (C=O) groups is 2. The third kappa shape index (κ3) is 3.41. The van der Waals surface area contributed by atoms with Crippen molar-refractivity contribution in [3.63, 3.8) is 0 Å². The number of hydrogen-bond acceptors (Lipinski definition) is 6. The molecule has 6 heteroatoms. The summed E-state index contributed by atoms with van der Waals surface area (Å²) < 4.78 is 20.9. The van der Waals surface area contributed by atoms with E-state index in [0.717, 1.165) is 5.56 Å². The number of hydrogen-bond donors (Lipinski definition) is 0. The largest absolute Gasteiger partial charge is 0.493 e. The fourth-order valence-electron chi connectivity index (χ4n) is 2.41. The van der Waals surface area contributed by atoms with E-state index in [-0.39, 0.29) is 6.42 Å². The van der Waals surface area contributed by atoms with E-state index >= 15 is 0 Å². The molecule has 1 heterocycles. The Bertz CT molecular complexity index is 600. The quantitative estimate of drug-likeness (QED) is 0.612. The van der Waals surface area contributed by atoms with Crippen molar-refractivity contribution >= 4 is 11.9 Å². The van der Waals surface area contributed by atoms with Crippen molar-refractivity contribution in [2.45, 2.75) is 39.4 Å². The summed E-state index contributed by atoms with van der Waals surface area (Å²) in [4.78, 5) is 24.4. The Kier molecular flexibility index (Phi) is 4.54. The third-order valence-corrected chi connectivity index (χ3v) is 3.94. The summed E-state index contributed by atoms with van der Waals surface area (Å²) in [7, 11) is 3.12. The van der Waals surface area contributed by atoms with Gasteiger partial charge >= 0.3 is 11.9 Å². The Hall–Kier alpha value is -2.24. The van der Waals surface area contributed by atoms with Crippen molar-refractivity contribution in [2.75, 3.05) is 14.2 Å². The molecule has 0 amide bonds. The normalized spacial score (nSPS) is 18.8. The zero-order valence-corrected chi connectivity index (χ0v) is 14.1. The Labute approximate surface area is 135 Å². The van der Waals surface area contributed by atoms with Crippen LogP contribution in [-0.4, -0.2) is 31.9 Å². The van der Waals surface area contributed by atoms with E-state index in [1.165, 1.54) is 13.8 Å². The molecule has 1 fully saturated rings. The summed E-state index contributed by atoms with van der Waals surface area (Å²) in [5.41, 5.74) is -0.378. The Balaban J connectivity index is 2.13. The highest BCUT2D eigenvalue weighted by molar-refractivity contribution is 6.01. The third-order valence-electron chi connectivity index (χ3n) is 3.94. The first-order valence-electron chi connectivity index (χ1n) is 7.39. The molecule has 1 aromatic carbocycles. The summed E-state index contributed by atoms with van der Waals surface area (Å²) in [6.45, 7) is 4.63. The van der Waals surface area contributed by atoms with E-state index in [4.69, 9.17) is 18.9 Å². The van der Waals surface area contributed by atoms with Gasteiger partial charge in [-0.1, -0.05) is 6.07 Å². The number of ether oxygens (including phenoxy) is 4. The van der Waals surface area contributed by atoms with Crippen LogP contribution in [-0.2, 0) is 25.5 Å². The van der Waals surface area contributed by atoms with Gasteiger partial charge in [0.15, 0.2) is 16.9 Å². The van der Waals surface area contributed by atoms with Crippen molar-refractivity contribution < 1.29 is 28.5 Å². The van der Waals surface area contributed by atoms with Crippen LogP contribution in [0, 0.1) is 5.41 Å². The Morgan fingerprint density at radius 1 is 0.957 bits per heavy atom. The highest BCUT2D eigenvalue weighted by atomic mass is 16.7. The highest BCUT2D eigenvalue weighted by Gasteiger charge is 2.52. The zero-order chi connectivity index (χ0) is 17.3. The van der Waals surface area contributed by atoms with Crippen LogP contribution in [0.3, 0.4) is 0 Å². The maximum Gasteiger partial charge on any atom is 0.326 e. The van der Waals surface area contributed by atoms with Crippen molar-refractivity contribution in [1.82, 2.24) is 0 Å². The van der Waals surface area contributed by atoms with Gasteiger partial charge in [0.2, 0.25) is 0 Å². The smallest absolute Gasteiger partial charge is 0.326 e. The van der Waals surface area contributed by atoms with E-state index in [1.54, 1.807) is 27.2 Å². The lowest BCUT2D eigenvalue weighted by Crippen LogP contribution is -2.52. The average molecular weight is 322 g/mol. The molecule has 0 N–H and O–H groups in total. The van der Waals surface area contributed by atoms with Crippen molar-refractivity contribution in [1.29, 1.82) is 0 Å². The number of carbonyl (C=O) groups excluding carboxylic acids is 2. The number of methoxy groups -OCH3 is 2. The first-order chi connectivity index (χ1) is 10.7. The molecule has 0 unspecified atom stereocenters. The number of benzene rings is 1. The minimum Gasteiger partial charge on any atom is -0.493 e. The lowest BCUT2D eigenvalue weighted by molar-refractivity contribution is -0.250. The van der Waals surface area contributed by atoms with Crippen LogP contribution < -0.4 is 9.47 Å². The van der Waals surface area contributed by atoms with Crippen LogP contribution in [0.5, 0.6) is 11.5 Å². The molecule has 0 aromatic heterocycles. The van der Waals surface area contributed by atoms with E-state index in [0.29, 0.717) is 17.9 Å². The molecule has 23 heavy (non-hydrogen) atoms. The van der Waals surface area contributed by atoms with E-state index in [1.807, 2.05) is 12.1 Å². The predicted molar refractivity (Wildman–Crippen MR) is 82.2 cm³/mol. The molecule has 0 bridgehead atoms. The SMILES string of the molecule is COc1ccc(CCC2(C)C(=O)OC(C)(C)OC2=O)cc1OC. The minimum absolute atomic E-state index is 0.288. The molecule has 0 aliphatic carbocycles. The first-order valence-corrected chi connectivity index (χ1v) is 7.39. The fraction of sp³-hybridized carbons (Fsp3) is 0.529. The van der Waals surface area contributed by atoms with Gasteiger partial charge in [-0.05, 0) is 37.5 Å². The summed E-state index contributed by atoms with van der Waals surface area (Å²) in [5.74, 6) is -1.10. The lowest BCUT2D eigenvalue weighted by Gasteiger charge is -2.38. The maximum atomic E-state index is 12.2.